The molecule has 0 N–H and O–H groups in total. The van der Waals surface area contributed by atoms with Crippen molar-refractivity contribution >= 4 is 68.6 Å². The van der Waals surface area contributed by atoms with E-state index in [9.17, 15) is 0 Å². The number of fused-ring (bicyclic) bond motifs is 20. The number of anilines is 8. The molecule has 7 aromatic rings. The van der Waals surface area contributed by atoms with Gasteiger partial charge in [-0.25, -0.2) is 0 Å². The molecule has 3 nitrogen and oxygen atoms in total. The maximum Gasteiger partial charge on any atom is 0.252 e. The molecule has 1 saturated carbocycles. The van der Waals surface area contributed by atoms with Gasteiger partial charge in [0, 0.05) is 56.1 Å². The van der Waals surface area contributed by atoms with Crippen LogP contribution in [0.5, 0.6) is 0 Å². The molecule has 5 aliphatic heterocycles. The van der Waals surface area contributed by atoms with Gasteiger partial charge in [0.05, 0.1) is 11.2 Å². The van der Waals surface area contributed by atoms with Crippen molar-refractivity contribution < 1.29 is 0 Å². The highest BCUT2D eigenvalue weighted by Gasteiger charge is 2.60. The fraction of sp³-hybridized carbons (Fsp3) is 0.417. The normalized spacial score (nSPS) is 26.9. The molecule has 0 radical (unpaired) electrons. The molecular formula is C72H76BN3. The predicted octanol–water partition coefficient (Wildman–Crippen LogP) is 16.7. The first-order chi connectivity index (χ1) is 35.8. The highest BCUT2D eigenvalue weighted by atomic mass is 15.3. The lowest BCUT2D eigenvalue weighted by Crippen LogP contribution is -2.63. The number of hydrogen-bond donors (Lipinski definition) is 0. The van der Waals surface area contributed by atoms with Crippen LogP contribution in [0.2, 0.25) is 0 Å². The van der Waals surface area contributed by atoms with Gasteiger partial charge in [0.15, 0.2) is 0 Å². The van der Waals surface area contributed by atoms with Gasteiger partial charge in [0.25, 0.3) is 6.71 Å². The number of rotatable bonds is 0. The molecule has 4 aliphatic carbocycles. The van der Waals surface area contributed by atoms with Crippen LogP contribution in [-0.4, -0.2) is 12.3 Å². The van der Waals surface area contributed by atoms with Gasteiger partial charge in [-0.1, -0.05) is 150 Å². The van der Waals surface area contributed by atoms with E-state index in [1.165, 1.54) is 160 Å². The minimum Gasteiger partial charge on any atom is -0.334 e. The molecule has 76 heavy (non-hydrogen) atoms. The first-order valence-corrected chi connectivity index (χ1v) is 29.4. The van der Waals surface area contributed by atoms with Crippen molar-refractivity contribution in [2.24, 2.45) is 0 Å². The fourth-order valence-corrected chi connectivity index (χ4v) is 19.3. The first-order valence-electron chi connectivity index (χ1n) is 29.4. The summed E-state index contributed by atoms with van der Waals surface area (Å²) in [7, 11) is 0. The zero-order valence-electron chi connectivity index (χ0n) is 48.2. The Morgan fingerprint density at radius 3 is 1.93 bits per heavy atom. The minimum absolute atomic E-state index is 0.00428. The summed E-state index contributed by atoms with van der Waals surface area (Å²) in [6, 6.07) is 43.4. The summed E-state index contributed by atoms with van der Waals surface area (Å²) in [6.07, 6.45) is 8.31. The average molecular weight is 994 g/mol. The van der Waals surface area contributed by atoms with Crippen LogP contribution in [0, 0.1) is 13.8 Å². The van der Waals surface area contributed by atoms with E-state index in [1.54, 1.807) is 5.56 Å². The van der Waals surface area contributed by atoms with Crippen molar-refractivity contribution in [1.82, 2.24) is 0 Å². The van der Waals surface area contributed by atoms with Gasteiger partial charge < -0.3 is 14.7 Å². The van der Waals surface area contributed by atoms with E-state index >= 15 is 0 Å². The Balaban J connectivity index is 1.08. The third-order valence-corrected chi connectivity index (χ3v) is 23.0. The molecule has 16 rings (SSSR count). The molecule has 9 aliphatic rings. The summed E-state index contributed by atoms with van der Waals surface area (Å²) in [6.45, 7) is 37.9. The van der Waals surface area contributed by atoms with Gasteiger partial charge in [-0.2, -0.15) is 0 Å². The predicted molar refractivity (Wildman–Crippen MR) is 322 cm³/mol. The molecule has 6 bridgehead atoms. The van der Waals surface area contributed by atoms with Crippen LogP contribution in [0.25, 0.3) is 11.1 Å². The largest absolute Gasteiger partial charge is 0.334 e. The van der Waals surface area contributed by atoms with E-state index in [1.807, 2.05) is 0 Å². The summed E-state index contributed by atoms with van der Waals surface area (Å²) in [5.74, 6) is 0. The van der Waals surface area contributed by atoms with Gasteiger partial charge in [0.2, 0.25) is 0 Å². The Labute approximate surface area is 454 Å². The van der Waals surface area contributed by atoms with E-state index in [-0.39, 0.29) is 50.2 Å². The number of benzene rings is 7. The van der Waals surface area contributed by atoms with Crippen molar-refractivity contribution in [3.8, 4) is 11.1 Å². The van der Waals surface area contributed by atoms with Crippen LogP contribution >= 0.6 is 0 Å². The zero-order valence-corrected chi connectivity index (χ0v) is 48.2. The maximum atomic E-state index is 2.91. The second-order valence-corrected chi connectivity index (χ2v) is 29.7. The lowest BCUT2D eigenvalue weighted by molar-refractivity contribution is 0.195. The summed E-state index contributed by atoms with van der Waals surface area (Å²) >= 11 is 0. The molecule has 4 unspecified atom stereocenters. The van der Waals surface area contributed by atoms with E-state index in [2.05, 4.69) is 222 Å². The van der Waals surface area contributed by atoms with Gasteiger partial charge in [-0.05, 0) is 218 Å². The zero-order chi connectivity index (χ0) is 52.7. The Kier molecular flexibility index (Phi) is 8.27. The van der Waals surface area contributed by atoms with Crippen LogP contribution in [0.15, 0.2) is 103 Å². The third kappa shape index (κ3) is 5.09. The summed E-state index contributed by atoms with van der Waals surface area (Å²) < 4.78 is 0. The van der Waals surface area contributed by atoms with Gasteiger partial charge in [-0.15, -0.1) is 0 Å². The van der Waals surface area contributed by atoms with Crippen LogP contribution in [0.3, 0.4) is 0 Å². The molecule has 7 aromatic carbocycles. The Morgan fingerprint density at radius 2 is 1.16 bits per heavy atom. The highest BCUT2D eigenvalue weighted by Crippen LogP contribution is 2.67. The SMILES string of the molecule is Cc1cc2c3cc1N1c4cc(ccc4B4c5cc6c(cc5N5c7cccc8c7C(C)(c7ccccc7-8)c7c(C)cc1c4c75)C(C)(C)CC6(C)C)N1c4cc(c(C(C)(C)C)cc4C4(C)CCCCC14C)C3(C)CCC2(C)C. The summed E-state index contributed by atoms with van der Waals surface area (Å²) in [4.78, 5) is 8.52. The number of aryl methyl sites for hydroxylation is 2. The molecule has 0 saturated heterocycles. The van der Waals surface area contributed by atoms with E-state index in [4.69, 9.17) is 0 Å². The summed E-state index contributed by atoms with van der Waals surface area (Å²) in [5, 5.41) is 0. The van der Waals surface area contributed by atoms with Gasteiger partial charge in [0.1, 0.15) is 0 Å². The molecule has 0 amide bonds. The Morgan fingerprint density at radius 1 is 0.474 bits per heavy atom. The van der Waals surface area contributed by atoms with E-state index in [0.29, 0.717) is 0 Å². The molecule has 1 fully saturated rings. The van der Waals surface area contributed by atoms with Crippen LogP contribution in [0.1, 0.15) is 202 Å². The molecular weight excluding hydrogens is 918 g/mol. The van der Waals surface area contributed by atoms with Crippen molar-refractivity contribution in [1.29, 1.82) is 0 Å². The molecule has 4 heteroatoms. The topological polar surface area (TPSA) is 9.72 Å². The Hall–Kier alpha value is -6.00. The lowest BCUT2D eigenvalue weighted by atomic mass is 9.32. The second kappa shape index (κ2) is 13.6. The van der Waals surface area contributed by atoms with Gasteiger partial charge in [-0.3, -0.25) is 0 Å². The quantitative estimate of drug-likeness (QED) is 0.140. The third-order valence-electron chi connectivity index (χ3n) is 23.0. The second-order valence-electron chi connectivity index (χ2n) is 29.7. The molecule has 382 valence electrons. The lowest BCUT2D eigenvalue weighted by Gasteiger charge is -2.52. The molecule has 0 spiro atoms. The van der Waals surface area contributed by atoms with E-state index in [0.717, 1.165) is 19.3 Å². The standard InChI is InChI=1S/C72H76BN3/c1-40-31-47-51-37-56(40)74-58-33-42(76-57-38-50(69(51,12)30-29-66(47,6)7)46(65(3,4)5)34-52(57)70(13)27-18-19-28-71(70,76)14)25-26-53(58)73-54-35-48-49(68(10,11)39-67(48,8)9)36-59(54)75-55-24-20-22-44-43-21-16-17-23-45(43)72(15,62(44)55)61-41(2)32-60(74)63(73)64(61)75/h16-17,20-26,31-38H,18-19,27-30,39H2,1-15H3. The minimum atomic E-state index is -0.332. The molecule has 5 heterocycles. The highest BCUT2D eigenvalue weighted by molar-refractivity contribution is 7.00. The molecule has 0 aromatic heterocycles. The number of hydrogen-bond acceptors (Lipinski definition) is 3. The smallest absolute Gasteiger partial charge is 0.252 e. The molecule has 4 atom stereocenters. The fourth-order valence-electron chi connectivity index (χ4n) is 19.3. The Bertz CT molecular complexity index is 3900. The average Bonchev–Trinajstić information content (AvgIpc) is 4.01. The first kappa shape index (κ1) is 46.1. The van der Waals surface area contributed by atoms with Crippen LogP contribution < -0.4 is 31.1 Å². The maximum absolute atomic E-state index is 2.91. The van der Waals surface area contributed by atoms with Crippen molar-refractivity contribution in [3.05, 3.63) is 170 Å². The van der Waals surface area contributed by atoms with Crippen molar-refractivity contribution in [2.45, 2.75) is 192 Å². The van der Waals surface area contributed by atoms with E-state index < -0.39 is 0 Å². The monoisotopic (exact) mass is 994 g/mol. The van der Waals surface area contributed by atoms with Crippen LogP contribution in [-0.2, 0) is 37.9 Å². The van der Waals surface area contributed by atoms with Crippen molar-refractivity contribution in [3.63, 3.8) is 0 Å². The summed E-state index contributed by atoms with van der Waals surface area (Å²) in [5.41, 5.74) is 35.3. The van der Waals surface area contributed by atoms with Crippen molar-refractivity contribution in [2.75, 3.05) is 14.7 Å². The van der Waals surface area contributed by atoms with Gasteiger partial charge >= 0.3 is 0 Å². The number of nitrogens with zero attached hydrogens (tertiary/aromatic N) is 3. The van der Waals surface area contributed by atoms with Crippen LogP contribution in [0.4, 0.5) is 45.5 Å².